The topological polar surface area (TPSA) is 9.23 Å². The van der Waals surface area contributed by atoms with Gasteiger partial charge in [-0.15, -0.1) is 0 Å². The summed E-state index contributed by atoms with van der Waals surface area (Å²) < 4.78 is 5.73. The van der Waals surface area contributed by atoms with Gasteiger partial charge in [-0.1, -0.05) is 45.7 Å². The van der Waals surface area contributed by atoms with Crippen molar-refractivity contribution in [3.8, 4) is 5.75 Å². The molecule has 2 atom stereocenters. The van der Waals surface area contributed by atoms with Crippen LogP contribution in [0.4, 0.5) is 0 Å². The molecule has 1 aromatic rings. The van der Waals surface area contributed by atoms with Gasteiger partial charge in [0.1, 0.15) is 5.75 Å². The standard InChI is InChI=1S/C17H26O.CH4.H2/c1-4-8-14-9-6-11-16(14)15-10-7-12-17(13(15)3)18-5-2;;/h7,10,12,14,16H,4-6,8-9,11H2,1-3H3;1H4;1H/t14-,16+;;/m1../s1. The Hall–Kier alpha value is -0.980. The molecular weight excluding hydrogens is 232 g/mol. The smallest absolute Gasteiger partial charge is 0.122 e. The molecule has 0 bridgehead atoms. The van der Waals surface area contributed by atoms with Crippen LogP contribution in [0.3, 0.4) is 0 Å². The highest BCUT2D eigenvalue weighted by atomic mass is 16.5. The van der Waals surface area contributed by atoms with Gasteiger partial charge in [-0.05, 0) is 55.7 Å². The highest BCUT2D eigenvalue weighted by molar-refractivity contribution is 5.41. The van der Waals surface area contributed by atoms with E-state index in [1.807, 2.05) is 0 Å². The summed E-state index contributed by atoms with van der Waals surface area (Å²) in [6.07, 6.45) is 6.86. The molecule has 1 fully saturated rings. The highest BCUT2D eigenvalue weighted by Gasteiger charge is 2.29. The van der Waals surface area contributed by atoms with Gasteiger partial charge in [-0.3, -0.25) is 0 Å². The first-order valence-corrected chi connectivity index (χ1v) is 7.50. The molecule has 0 heterocycles. The van der Waals surface area contributed by atoms with Gasteiger partial charge in [0.15, 0.2) is 0 Å². The highest BCUT2D eigenvalue weighted by Crippen LogP contribution is 2.44. The zero-order chi connectivity index (χ0) is 13.0. The Bertz CT molecular complexity index is 389. The van der Waals surface area contributed by atoms with Gasteiger partial charge in [-0.2, -0.15) is 0 Å². The van der Waals surface area contributed by atoms with E-state index in [-0.39, 0.29) is 8.85 Å². The average molecular weight is 264 g/mol. The van der Waals surface area contributed by atoms with Crippen molar-refractivity contribution in [2.45, 2.75) is 66.2 Å². The van der Waals surface area contributed by atoms with E-state index < -0.39 is 0 Å². The molecule has 110 valence electrons. The van der Waals surface area contributed by atoms with E-state index in [0.717, 1.165) is 24.2 Å². The van der Waals surface area contributed by atoms with Crippen LogP contribution in [0.15, 0.2) is 18.2 Å². The van der Waals surface area contributed by atoms with Crippen LogP contribution in [0, 0.1) is 12.8 Å². The van der Waals surface area contributed by atoms with Gasteiger partial charge in [0.2, 0.25) is 0 Å². The SMILES string of the molecule is C.CCC[C@@H]1CCC[C@@H]1c1cccc(OCC)c1C.[HH]. The summed E-state index contributed by atoms with van der Waals surface area (Å²) in [5, 5.41) is 0. The van der Waals surface area contributed by atoms with Crippen molar-refractivity contribution < 1.29 is 6.16 Å². The molecule has 0 N–H and O–H groups in total. The van der Waals surface area contributed by atoms with E-state index in [0.29, 0.717) is 0 Å². The predicted molar refractivity (Wildman–Crippen MR) is 86.2 cm³/mol. The minimum absolute atomic E-state index is 0. The Labute approximate surface area is 120 Å². The molecule has 1 heteroatoms. The first kappa shape index (κ1) is 16.1. The Morgan fingerprint density at radius 3 is 2.74 bits per heavy atom. The molecule has 1 saturated carbocycles. The molecule has 0 saturated heterocycles. The summed E-state index contributed by atoms with van der Waals surface area (Å²) in [4.78, 5) is 0. The monoisotopic (exact) mass is 264 g/mol. The molecule has 0 radical (unpaired) electrons. The quantitative estimate of drug-likeness (QED) is 0.637. The normalized spacial score (nSPS) is 22.1. The van der Waals surface area contributed by atoms with Crippen LogP contribution in [-0.2, 0) is 0 Å². The summed E-state index contributed by atoms with van der Waals surface area (Å²) in [6, 6.07) is 6.58. The van der Waals surface area contributed by atoms with Crippen LogP contribution in [0.25, 0.3) is 0 Å². The van der Waals surface area contributed by atoms with Crippen LogP contribution in [0.2, 0.25) is 0 Å². The largest absolute Gasteiger partial charge is 0.494 e. The van der Waals surface area contributed by atoms with E-state index in [4.69, 9.17) is 4.74 Å². The van der Waals surface area contributed by atoms with Crippen LogP contribution in [0.1, 0.15) is 71.8 Å². The van der Waals surface area contributed by atoms with Crippen molar-refractivity contribution in [2.24, 2.45) is 5.92 Å². The third-order valence-electron chi connectivity index (χ3n) is 4.34. The predicted octanol–water partition coefficient (Wildman–Crippen LogP) is 5.96. The third-order valence-corrected chi connectivity index (χ3v) is 4.34. The number of hydrogen-bond donors (Lipinski definition) is 0. The lowest BCUT2D eigenvalue weighted by molar-refractivity contribution is 0.336. The maximum atomic E-state index is 5.73. The van der Waals surface area contributed by atoms with Crippen LogP contribution in [-0.4, -0.2) is 6.61 Å². The summed E-state index contributed by atoms with van der Waals surface area (Å²) in [5.74, 6) is 2.74. The van der Waals surface area contributed by atoms with Crippen molar-refractivity contribution in [2.75, 3.05) is 6.61 Å². The Kier molecular flexibility index (Phi) is 6.41. The molecule has 2 rings (SSSR count). The third kappa shape index (κ3) is 3.52. The van der Waals surface area contributed by atoms with Crippen LogP contribution < -0.4 is 4.74 Å². The molecule has 1 aromatic carbocycles. The van der Waals surface area contributed by atoms with Gasteiger partial charge in [0, 0.05) is 1.43 Å². The van der Waals surface area contributed by atoms with Gasteiger partial charge in [-0.25, -0.2) is 0 Å². The second kappa shape index (κ2) is 7.57. The van der Waals surface area contributed by atoms with Crippen molar-refractivity contribution >= 4 is 0 Å². The molecule has 0 spiro atoms. The number of ether oxygens (including phenoxy) is 1. The van der Waals surface area contributed by atoms with E-state index in [9.17, 15) is 0 Å². The summed E-state index contributed by atoms with van der Waals surface area (Å²) in [7, 11) is 0. The van der Waals surface area contributed by atoms with E-state index in [2.05, 4.69) is 39.0 Å². The second-order valence-corrected chi connectivity index (χ2v) is 5.49. The molecular formula is C18H32O. The van der Waals surface area contributed by atoms with Gasteiger partial charge in [0.05, 0.1) is 6.61 Å². The minimum atomic E-state index is 0. The molecule has 0 aromatic heterocycles. The molecule has 1 aliphatic rings. The maximum absolute atomic E-state index is 5.73. The van der Waals surface area contributed by atoms with Crippen LogP contribution in [0.5, 0.6) is 5.75 Å². The molecule has 0 amide bonds. The van der Waals surface area contributed by atoms with Crippen LogP contribution >= 0.6 is 0 Å². The minimum Gasteiger partial charge on any atom is -0.494 e. The number of hydrogen-bond acceptors (Lipinski definition) is 1. The summed E-state index contributed by atoms with van der Waals surface area (Å²) in [6.45, 7) is 7.34. The van der Waals surface area contributed by atoms with E-state index in [1.54, 1.807) is 0 Å². The zero-order valence-corrected chi connectivity index (χ0v) is 12.0. The lowest BCUT2D eigenvalue weighted by Gasteiger charge is -2.22. The maximum Gasteiger partial charge on any atom is 0.122 e. The lowest BCUT2D eigenvalue weighted by atomic mass is 9.84. The summed E-state index contributed by atoms with van der Waals surface area (Å²) >= 11 is 0. The second-order valence-electron chi connectivity index (χ2n) is 5.49. The van der Waals surface area contributed by atoms with E-state index >= 15 is 0 Å². The lowest BCUT2D eigenvalue weighted by Crippen LogP contribution is -2.08. The fourth-order valence-corrected chi connectivity index (χ4v) is 3.51. The summed E-state index contributed by atoms with van der Waals surface area (Å²) in [5.41, 5.74) is 2.91. The fourth-order valence-electron chi connectivity index (χ4n) is 3.51. The van der Waals surface area contributed by atoms with Gasteiger partial charge in [0.25, 0.3) is 0 Å². The van der Waals surface area contributed by atoms with E-state index in [1.165, 1.54) is 43.2 Å². The van der Waals surface area contributed by atoms with Crippen molar-refractivity contribution in [3.05, 3.63) is 29.3 Å². The Balaban J connectivity index is 0.00000180. The Morgan fingerprint density at radius 2 is 2.05 bits per heavy atom. The fraction of sp³-hybridized carbons (Fsp3) is 0.667. The van der Waals surface area contributed by atoms with Gasteiger partial charge < -0.3 is 4.74 Å². The first-order valence-electron chi connectivity index (χ1n) is 7.50. The molecule has 0 unspecified atom stereocenters. The molecule has 0 aliphatic heterocycles. The number of benzene rings is 1. The van der Waals surface area contributed by atoms with Gasteiger partial charge >= 0.3 is 0 Å². The first-order chi connectivity index (χ1) is 8.77. The zero-order valence-electron chi connectivity index (χ0n) is 12.0. The average Bonchev–Trinajstić information content (AvgIpc) is 2.81. The van der Waals surface area contributed by atoms with Crippen molar-refractivity contribution in [1.29, 1.82) is 0 Å². The Morgan fingerprint density at radius 1 is 1.26 bits per heavy atom. The number of rotatable bonds is 5. The van der Waals surface area contributed by atoms with Crippen molar-refractivity contribution in [3.63, 3.8) is 0 Å². The molecule has 19 heavy (non-hydrogen) atoms. The van der Waals surface area contributed by atoms with Crippen molar-refractivity contribution in [1.82, 2.24) is 0 Å². The molecule has 1 nitrogen and oxygen atoms in total. The molecule has 1 aliphatic carbocycles.